The second-order valence-electron chi connectivity index (χ2n) is 8.49. The van der Waals surface area contributed by atoms with Crippen LogP contribution in [0.15, 0.2) is 48.5 Å². The van der Waals surface area contributed by atoms with E-state index in [0.29, 0.717) is 49.9 Å². The molecule has 2 aromatic rings. The van der Waals surface area contributed by atoms with E-state index >= 15 is 0 Å². The molecule has 1 saturated carbocycles. The fraction of sp³-hybridized carbons (Fsp3) is 0.417. The average molecular weight is 446 g/mol. The fourth-order valence-electron chi connectivity index (χ4n) is 4.51. The Morgan fingerprint density at radius 1 is 0.969 bits per heavy atom. The second kappa shape index (κ2) is 8.58. The van der Waals surface area contributed by atoms with Gasteiger partial charge in [-0.1, -0.05) is 36.4 Å². The lowest BCUT2D eigenvalue weighted by Crippen LogP contribution is -2.37. The van der Waals surface area contributed by atoms with Crippen LogP contribution >= 0.6 is 0 Å². The van der Waals surface area contributed by atoms with Crippen LogP contribution < -0.4 is 10.0 Å². The minimum atomic E-state index is -4.62. The molecule has 0 bridgehead atoms. The van der Waals surface area contributed by atoms with E-state index in [4.69, 9.17) is 4.74 Å². The molecule has 0 N–H and O–H groups in total. The quantitative estimate of drug-likeness (QED) is 0.681. The van der Waals surface area contributed by atoms with Crippen molar-refractivity contribution in [3.8, 4) is 5.75 Å². The molecule has 1 saturated heterocycles. The van der Waals surface area contributed by atoms with E-state index in [0.717, 1.165) is 0 Å². The molecule has 2 fully saturated rings. The van der Waals surface area contributed by atoms with Crippen molar-refractivity contribution < 1.29 is 32.6 Å². The van der Waals surface area contributed by atoms with Crippen LogP contribution in [-0.4, -0.2) is 24.4 Å². The van der Waals surface area contributed by atoms with E-state index in [9.17, 15) is 27.9 Å². The van der Waals surface area contributed by atoms with Gasteiger partial charge in [0.15, 0.2) is 6.10 Å². The first kappa shape index (κ1) is 22.3. The maximum atomic E-state index is 13.6. The summed E-state index contributed by atoms with van der Waals surface area (Å²) in [5, 5.41) is 11.2. The van der Waals surface area contributed by atoms with Crippen molar-refractivity contribution in [3.63, 3.8) is 0 Å². The molecule has 5 nitrogen and oxygen atoms in total. The van der Waals surface area contributed by atoms with E-state index in [1.165, 1.54) is 48.5 Å². The van der Waals surface area contributed by atoms with Crippen LogP contribution in [0.5, 0.6) is 5.75 Å². The van der Waals surface area contributed by atoms with Crippen LogP contribution in [0.3, 0.4) is 0 Å². The molecule has 1 aliphatic heterocycles. The van der Waals surface area contributed by atoms with Gasteiger partial charge < -0.3 is 14.7 Å². The summed E-state index contributed by atoms with van der Waals surface area (Å²) in [4.78, 5) is 26.2. The molecule has 2 aliphatic rings. The van der Waals surface area contributed by atoms with Gasteiger partial charge in [0.1, 0.15) is 5.78 Å². The van der Waals surface area contributed by atoms with Gasteiger partial charge >= 0.3 is 6.18 Å². The third kappa shape index (κ3) is 4.50. The second-order valence-corrected chi connectivity index (χ2v) is 8.49. The number of nitrogens with zero attached hydrogens (tertiary/aromatic N) is 1. The highest BCUT2D eigenvalue weighted by molar-refractivity contribution is 6.01. The van der Waals surface area contributed by atoms with Crippen LogP contribution in [0.4, 0.5) is 18.9 Å². The van der Waals surface area contributed by atoms with Crippen molar-refractivity contribution >= 4 is 17.4 Å². The lowest BCUT2D eigenvalue weighted by Gasteiger charge is -2.31. The molecule has 1 aliphatic carbocycles. The van der Waals surface area contributed by atoms with Gasteiger partial charge in [0, 0.05) is 25.1 Å². The number of Topliss-reactive ketones (excluding diaryl/α,β-unsaturated/α-hetero) is 1. The summed E-state index contributed by atoms with van der Waals surface area (Å²) < 4.78 is 46.1. The number of hydrogen-bond acceptors (Lipinski definition) is 4. The molecule has 1 amide bonds. The number of anilines is 1. The van der Waals surface area contributed by atoms with Gasteiger partial charge in [0.2, 0.25) is 5.91 Å². The van der Waals surface area contributed by atoms with E-state index < -0.39 is 17.7 Å². The summed E-state index contributed by atoms with van der Waals surface area (Å²) in [6.45, 7) is 0.194. The minimum absolute atomic E-state index is 0.0526. The smallest absolute Gasteiger partial charge is 0.418 e. The Morgan fingerprint density at radius 3 is 2.19 bits per heavy atom. The van der Waals surface area contributed by atoms with Gasteiger partial charge in [0.05, 0.1) is 12.0 Å². The van der Waals surface area contributed by atoms with Crippen molar-refractivity contribution in [3.05, 3.63) is 59.7 Å². The topological polar surface area (TPSA) is 69.7 Å². The van der Waals surface area contributed by atoms with Gasteiger partial charge in [-0.25, -0.2) is 0 Å². The normalized spacial score (nSPS) is 19.5. The third-order valence-corrected chi connectivity index (χ3v) is 6.42. The molecule has 8 heteroatoms. The lowest BCUT2D eigenvalue weighted by molar-refractivity contribution is -0.268. The summed E-state index contributed by atoms with van der Waals surface area (Å²) in [5.41, 5.74) is 0.421. The Labute approximate surface area is 183 Å². The zero-order valence-electron chi connectivity index (χ0n) is 17.4. The van der Waals surface area contributed by atoms with Crippen molar-refractivity contribution in [2.24, 2.45) is 5.41 Å². The maximum absolute atomic E-state index is 13.6. The SMILES string of the molecule is O=C1CCC2(CC1)CCN(c1ccc([C@@H](OCc3ccc([O-])cc3)C(F)(F)F)cc1)C2=O. The molecule has 2 aromatic carbocycles. The highest BCUT2D eigenvalue weighted by Crippen LogP contribution is 2.45. The Morgan fingerprint density at radius 2 is 1.59 bits per heavy atom. The number of ether oxygens (including phenoxy) is 1. The molecule has 1 spiro atoms. The van der Waals surface area contributed by atoms with Crippen LogP contribution in [0, 0.1) is 5.41 Å². The minimum Gasteiger partial charge on any atom is -0.872 e. The predicted molar refractivity (Wildman–Crippen MR) is 109 cm³/mol. The summed E-state index contributed by atoms with van der Waals surface area (Å²) in [5.74, 6) is -0.105. The zero-order chi connectivity index (χ0) is 22.9. The van der Waals surface area contributed by atoms with Crippen LogP contribution in [0.2, 0.25) is 0 Å². The number of hydrogen-bond donors (Lipinski definition) is 0. The van der Waals surface area contributed by atoms with E-state index in [1.54, 1.807) is 4.90 Å². The number of amides is 1. The van der Waals surface area contributed by atoms with Gasteiger partial charge in [0.25, 0.3) is 0 Å². The third-order valence-electron chi connectivity index (χ3n) is 6.42. The standard InChI is InChI=1S/C24H24F3NO4/c25-24(26,27)21(32-15-16-1-7-19(29)8-2-16)17-3-5-18(6-4-17)28-14-13-23(22(28)31)11-9-20(30)10-12-23/h1-8,21,29H,9-15H2/p-1/t21-/m1/s1. The largest absolute Gasteiger partial charge is 0.872 e. The first-order valence-electron chi connectivity index (χ1n) is 10.6. The summed E-state index contributed by atoms with van der Waals surface area (Å²) in [7, 11) is 0. The summed E-state index contributed by atoms with van der Waals surface area (Å²) in [6.07, 6.45) is -4.22. The molecular formula is C24H23F3NO4-. The number of halogens is 3. The Kier molecular flexibility index (Phi) is 5.99. The first-order chi connectivity index (χ1) is 15.2. The molecule has 4 rings (SSSR count). The Bertz CT molecular complexity index is 976. The van der Waals surface area contributed by atoms with Crippen LogP contribution in [0.25, 0.3) is 0 Å². The number of carbonyl (C=O) groups excluding carboxylic acids is 2. The highest BCUT2D eigenvalue weighted by Gasteiger charge is 2.48. The van der Waals surface area contributed by atoms with E-state index in [-0.39, 0.29) is 29.6 Å². The van der Waals surface area contributed by atoms with Crippen molar-refractivity contribution in [2.75, 3.05) is 11.4 Å². The first-order valence-corrected chi connectivity index (χ1v) is 10.6. The molecule has 0 radical (unpaired) electrons. The zero-order valence-corrected chi connectivity index (χ0v) is 17.4. The molecule has 1 atom stereocenters. The molecular weight excluding hydrogens is 423 g/mol. The summed E-state index contributed by atoms with van der Waals surface area (Å²) >= 11 is 0. The average Bonchev–Trinajstić information content (AvgIpc) is 3.07. The van der Waals surface area contributed by atoms with Gasteiger partial charge in [-0.3, -0.25) is 9.59 Å². The number of rotatable bonds is 5. The number of carbonyl (C=O) groups is 2. The number of alkyl halides is 3. The van der Waals surface area contributed by atoms with E-state index in [1.807, 2.05) is 0 Å². The van der Waals surface area contributed by atoms with Crippen LogP contribution in [0.1, 0.15) is 49.3 Å². The molecule has 0 aromatic heterocycles. The maximum Gasteiger partial charge on any atom is 0.418 e. The predicted octanol–water partition coefficient (Wildman–Crippen LogP) is 4.45. The van der Waals surface area contributed by atoms with Gasteiger partial charge in [-0.2, -0.15) is 13.2 Å². The van der Waals surface area contributed by atoms with Gasteiger partial charge in [-0.05, 0) is 42.5 Å². The molecule has 0 unspecified atom stereocenters. The van der Waals surface area contributed by atoms with Crippen molar-refractivity contribution in [1.29, 1.82) is 0 Å². The Balaban J connectivity index is 1.47. The lowest BCUT2D eigenvalue weighted by atomic mass is 9.72. The number of benzene rings is 2. The molecule has 1 heterocycles. The van der Waals surface area contributed by atoms with E-state index in [2.05, 4.69) is 0 Å². The monoisotopic (exact) mass is 446 g/mol. The Hall–Kier alpha value is -2.87. The highest BCUT2D eigenvalue weighted by atomic mass is 19.4. The summed E-state index contributed by atoms with van der Waals surface area (Å²) in [6, 6.07) is 11.1. The molecule has 32 heavy (non-hydrogen) atoms. The van der Waals surface area contributed by atoms with Crippen molar-refractivity contribution in [1.82, 2.24) is 0 Å². The van der Waals surface area contributed by atoms with Gasteiger partial charge in [-0.15, -0.1) is 5.75 Å². The number of ketones is 1. The molecule has 170 valence electrons. The van der Waals surface area contributed by atoms with Crippen LogP contribution in [-0.2, 0) is 20.9 Å². The fourth-order valence-corrected chi connectivity index (χ4v) is 4.51. The van der Waals surface area contributed by atoms with Crippen molar-refractivity contribution in [2.45, 2.75) is 51.0 Å².